The van der Waals surface area contributed by atoms with E-state index in [-0.39, 0.29) is 21.6 Å². The van der Waals surface area contributed by atoms with Gasteiger partial charge in [-0.1, -0.05) is 12.1 Å². The SMILES string of the molecule is CC1(C)CCc2cc(S(=O)(=O)N(CC(=O)O)Cc3cc(C#N)cc(-c4cccc(OC(F)(F)F)c4)c3)ccc2O1. The van der Waals surface area contributed by atoms with Crippen LogP contribution in [0.25, 0.3) is 11.1 Å². The van der Waals surface area contributed by atoms with Gasteiger partial charge < -0.3 is 14.6 Å². The van der Waals surface area contributed by atoms with E-state index in [1.54, 1.807) is 6.07 Å². The first-order valence-corrected chi connectivity index (χ1v) is 13.5. The Morgan fingerprint density at radius 2 is 1.88 bits per heavy atom. The molecule has 0 amide bonds. The van der Waals surface area contributed by atoms with Crippen LogP contribution in [0.2, 0.25) is 0 Å². The fourth-order valence-electron chi connectivity index (χ4n) is 4.41. The van der Waals surface area contributed by atoms with E-state index >= 15 is 0 Å². The lowest BCUT2D eigenvalue weighted by atomic mass is 9.94. The maximum atomic E-state index is 13.6. The number of sulfonamides is 1. The largest absolute Gasteiger partial charge is 0.573 e. The summed E-state index contributed by atoms with van der Waals surface area (Å²) in [7, 11) is -4.31. The highest BCUT2D eigenvalue weighted by Crippen LogP contribution is 2.35. The molecule has 0 unspecified atom stereocenters. The highest BCUT2D eigenvalue weighted by molar-refractivity contribution is 7.89. The Hall–Kier alpha value is -4.08. The number of ether oxygens (including phenoxy) is 2. The molecule has 210 valence electrons. The van der Waals surface area contributed by atoms with Crippen LogP contribution in [0.5, 0.6) is 11.5 Å². The molecule has 1 N–H and O–H groups in total. The topological polar surface area (TPSA) is 117 Å². The average molecular weight is 575 g/mol. The van der Waals surface area contributed by atoms with Crippen molar-refractivity contribution in [1.29, 1.82) is 5.26 Å². The Kier molecular flexibility index (Phi) is 7.83. The van der Waals surface area contributed by atoms with Gasteiger partial charge in [0, 0.05) is 6.54 Å². The molecule has 1 aliphatic heterocycles. The molecule has 0 saturated carbocycles. The molecule has 0 bridgehead atoms. The van der Waals surface area contributed by atoms with E-state index < -0.39 is 46.8 Å². The maximum Gasteiger partial charge on any atom is 0.573 e. The van der Waals surface area contributed by atoms with Gasteiger partial charge in [0.05, 0.1) is 16.5 Å². The summed E-state index contributed by atoms with van der Waals surface area (Å²) in [5, 5.41) is 19.0. The van der Waals surface area contributed by atoms with Gasteiger partial charge in [-0.15, -0.1) is 13.2 Å². The Balaban J connectivity index is 1.69. The van der Waals surface area contributed by atoms with Crippen molar-refractivity contribution in [2.75, 3.05) is 6.54 Å². The molecule has 0 fully saturated rings. The number of carboxylic acids is 1. The van der Waals surface area contributed by atoms with Crippen molar-refractivity contribution in [3.8, 4) is 28.7 Å². The van der Waals surface area contributed by atoms with Crippen molar-refractivity contribution >= 4 is 16.0 Å². The van der Waals surface area contributed by atoms with E-state index in [2.05, 4.69) is 4.74 Å². The summed E-state index contributed by atoms with van der Waals surface area (Å²) in [6.07, 6.45) is -3.65. The first-order chi connectivity index (χ1) is 18.6. The van der Waals surface area contributed by atoms with Gasteiger partial charge in [-0.05, 0) is 97.5 Å². The number of hydrogen-bond donors (Lipinski definition) is 1. The summed E-state index contributed by atoms with van der Waals surface area (Å²) >= 11 is 0. The molecular formula is C28H25F3N2O6S. The van der Waals surface area contributed by atoms with Crippen LogP contribution in [-0.2, 0) is 27.8 Å². The summed E-state index contributed by atoms with van der Waals surface area (Å²) in [6, 6.07) is 15.7. The van der Waals surface area contributed by atoms with Crippen molar-refractivity contribution in [3.63, 3.8) is 0 Å². The number of rotatable bonds is 8. The smallest absolute Gasteiger partial charge is 0.488 e. The molecule has 3 aromatic carbocycles. The van der Waals surface area contributed by atoms with Gasteiger partial charge >= 0.3 is 12.3 Å². The number of nitriles is 1. The number of nitrogens with zero attached hydrogens (tertiary/aromatic N) is 2. The van der Waals surface area contributed by atoms with Gasteiger partial charge in [0.1, 0.15) is 23.6 Å². The number of benzene rings is 3. The number of carbonyl (C=O) groups is 1. The zero-order chi connectivity index (χ0) is 29.3. The van der Waals surface area contributed by atoms with Gasteiger partial charge in [0.2, 0.25) is 10.0 Å². The second-order valence-corrected chi connectivity index (χ2v) is 11.8. The summed E-state index contributed by atoms with van der Waals surface area (Å²) in [5.41, 5.74) is 1.27. The lowest BCUT2D eigenvalue weighted by Gasteiger charge is -2.33. The summed E-state index contributed by atoms with van der Waals surface area (Å²) in [6.45, 7) is 2.59. The monoisotopic (exact) mass is 574 g/mol. The summed E-state index contributed by atoms with van der Waals surface area (Å²) in [5.74, 6) is -1.30. The highest BCUT2D eigenvalue weighted by atomic mass is 32.2. The van der Waals surface area contributed by atoms with E-state index in [9.17, 15) is 36.8 Å². The molecule has 0 atom stereocenters. The predicted octanol–water partition coefficient (Wildman–Crippen LogP) is 5.50. The molecule has 0 saturated heterocycles. The first-order valence-electron chi connectivity index (χ1n) is 12.1. The van der Waals surface area contributed by atoms with Crippen molar-refractivity contribution in [3.05, 3.63) is 77.4 Å². The van der Waals surface area contributed by atoms with Crippen LogP contribution in [0.15, 0.2) is 65.6 Å². The van der Waals surface area contributed by atoms with Crippen LogP contribution in [0.1, 0.15) is 37.0 Å². The van der Waals surface area contributed by atoms with Crippen molar-refractivity contribution in [1.82, 2.24) is 4.31 Å². The summed E-state index contributed by atoms with van der Waals surface area (Å²) < 4.78 is 76.0. The van der Waals surface area contributed by atoms with Gasteiger partial charge in [-0.2, -0.15) is 9.57 Å². The molecule has 0 spiro atoms. The van der Waals surface area contributed by atoms with Gasteiger partial charge in [-0.25, -0.2) is 8.42 Å². The molecule has 8 nitrogen and oxygen atoms in total. The first kappa shape index (κ1) is 28.9. The molecule has 0 aliphatic carbocycles. The van der Waals surface area contributed by atoms with E-state index in [1.165, 1.54) is 42.5 Å². The van der Waals surface area contributed by atoms with Crippen molar-refractivity contribution < 1.29 is 41.0 Å². The minimum atomic E-state index is -4.90. The number of aliphatic carboxylic acids is 1. The number of aryl methyl sites for hydroxylation is 1. The number of alkyl halides is 3. The number of hydrogen-bond acceptors (Lipinski definition) is 6. The van der Waals surface area contributed by atoms with Gasteiger partial charge in [-0.3, -0.25) is 4.79 Å². The minimum absolute atomic E-state index is 0.107. The van der Waals surface area contributed by atoms with Crippen LogP contribution < -0.4 is 9.47 Å². The maximum absolute atomic E-state index is 13.6. The molecule has 3 aromatic rings. The minimum Gasteiger partial charge on any atom is -0.488 e. The third kappa shape index (κ3) is 6.91. The Morgan fingerprint density at radius 1 is 1.12 bits per heavy atom. The second-order valence-electron chi connectivity index (χ2n) is 9.90. The second kappa shape index (κ2) is 10.8. The molecule has 40 heavy (non-hydrogen) atoms. The fraction of sp³-hybridized carbons (Fsp3) is 0.286. The molecule has 0 aromatic heterocycles. The predicted molar refractivity (Wildman–Crippen MR) is 138 cm³/mol. The van der Waals surface area contributed by atoms with Crippen LogP contribution in [0.3, 0.4) is 0 Å². The summed E-state index contributed by atoms with van der Waals surface area (Å²) in [4.78, 5) is 11.6. The molecule has 1 aliphatic rings. The van der Waals surface area contributed by atoms with Crippen LogP contribution in [-0.4, -0.2) is 42.3 Å². The third-order valence-electron chi connectivity index (χ3n) is 6.25. The third-order valence-corrected chi connectivity index (χ3v) is 8.03. The standard InChI is InChI=1S/C28H25F3N2O6S/c1-27(2)9-8-21-14-24(6-7-25(21)39-27)40(36,37)33(17-26(34)35)16-19-10-18(15-32)11-22(12-19)20-4-3-5-23(13-20)38-28(29,30)31/h3-7,10-14H,8-9,16-17H2,1-2H3,(H,34,35). The van der Waals surface area contributed by atoms with E-state index in [1.807, 2.05) is 19.9 Å². The fourth-order valence-corrected chi connectivity index (χ4v) is 5.84. The number of fused-ring (bicyclic) bond motifs is 1. The van der Waals surface area contributed by atoms with Crippen molar-refractivity contribution in [2.24, 2.45) is 0 Å². The Labute approximate surface area is 229 Å². The zero-order valence-electron chi connectivity index (χ0n) is 21.5. The van der Waals surface area contributed by atoms with Crippen LogP contribution in [0, 0.1) is 11.3 Å². The average Bonchev–Trinajstić information content (AvgIpc) is 2.86. The normalized spacial score (nSPS) is 14.6. The van der Waals surface area contributed by atoms with Crippen LogP contribution in [0.4, 0.5) is 13.2 Å². The lowest BCUT2D eigenvalue weighted by molar-refractivity contribution is -0.274. The number of carboxylic acid groups (broad SMARTS) is 1. The quantitative estimate of drug-likeness (QED) is 0.377. The number of halogens is 3. The van der Waals surface area contributed by atoms with Gasteiger partial charge in [0.25, 0.3) is 0 Å². The highest BCUT2D eigenvalue weighted by Gasteiger charge is 2.32. The van der Waals surface area contributed by atoms with E-state index in [0.717, 1.165) is 16.4 Å². The Morgan fingerprint density at radius 3 is 2.55 bits per heavy atom. The van der Waals surface area contributed by atoms with E-state index in [4.69, 9.17) is 4.74 Å². The lowest BCUT2D eigenvalue weighted by Crippen LogP contribution is -2.36. The van der Waals surface area contributed by atoms with Crippen LogP contribution >= 0.6 is 0 Å². The molecule has 0 radical (unpaired) electrons. The van der Waals surface area contributed by atoms with E-state index in [0.29, 0.717) is 29.7 Å². The van der Waals surface area contributed by atoms with Gasteiger partial charge in [0.15, 0.2) is 0 Å². The zero-order valence-corrected chi connectivity index (χ0v) is 22.3. The molecule has 4 rings (SSSR count). The molecular weight excluding hydrogens is 549 g/mol. The Bertz CT molecular complexity index is 1600. The van der Waals surface area contributed by atoms with Crippen molar-refractivity contribution in [2.45, 2.75) is 50.1 Å². The molecule has 1 heterocycles. The molecule has 12 heteroatoms.